The van der Waals surface area contributed by atoms with Crippen LogP contribution >= 0.6 is 0 Å². The van der Waals surface area contributed by atoms with E-state index < -0.39 is 5.97 Å². The van der Waals surface area contributed by atoms with Crippen molar-refractivity contribution in [1.29, 1.82) is 0 Å². The number of nitrogens with one attached hydrogen (secondary N) is 1. The molecule has 2 N–H and O–H groups in total. The molecule has 1 aliphatic heterocycles. The number of benzene rings is 2. The second-order valence-electron chi connectivity index (χ2n) is 6.16. The molecule has 2 aromatic carbocycles. The van der Waals surface area contributed by atoms with Crippen LogP contribution in [0.2, 0.25) is 0 Å². The Morgan fingerprint density at radius 3 is 2.60 bits per heavy atom. The molecular weight excluding hydrogens is 320 g/mol. The van der Waals surface area contributed by atoms with E-state index in [1.54, 1.807) is 4.90 Å². The van der Waals surface area contributed by atoms with Gasteiger partial charge in [0, 0.05) is 18.5 Å². The summed E-state index contributed by atoms with van der Waals surface area (Å²) in [4.78, 5) is 24.7. The lowest BCUT2D eigenvalue weighted by Crippen LogP contribution is -2.46. The van der Waals surface area contributed by atoms with Gasteiger partial charge in [-0.05, 0) is 24.3 Å². The van der Waals surface area contributed by atoms with E-state index in [1.165, 1.54) is 0 Å². The van der Waals surface area contributed by atoms with E-state index in [-0.39, 0.29) is 11.9 Å². The normalized spacial score (nSPS) is 15.1. The first kappa shape index (κ1) is 17.1. The zero-order valence-electron chi connectivity index (χ0n) is 14.0. The van der Waals surface area contributed by atoms with Crippen molar-refractivity contribution >= 4 is 22.8 Å². The smallest absolute Gasteiger partial charge is 0.317 e. The highest BCUT2D eigenvalue weighted by Crippen LogP contribution is 2.24. The van der Waals surface area contributed by atoms with Crippen LogP contribution in [0.4, 0.5) is 4.79 Å². The van der Waals surface area contributed by atoms with Gasteiger partial charge in [0.25, 0.3) is 0 Å². The molecule has 6 nitrogen and oxygen atoms in total. The van der Waals surface area contributed by atoms with Gasteiger partial charge >= 0.3 is 12.0 Å². The van der Waals surface area contributed by atoms with Crippen molar-refractivity contribution in [3.63, 3.8) is 0 Å². The van der Waals surface area contributed by atoms with E-state index in [1.807, 2.05) is 42.5 Å². The number of carboxylic acid groups (broad SMARTS) is 1. The molecule has 132 valence electrons. The number of hydrogen-bond acceptors (Lipinski definition) is 3. The number of piperidine rings is 1. The molecular formula is C19H22N2O4. The molecule has 0 radical (unpaired) electrons. The van der Waals surface area contributed by atoms with E-state index >= 15 is 0 Å². The van der Waals surface area contributed by atoms with Gasteiger partial charge in [-0.15, -0.1) is 0 Å². The fourth-order valence-electron chi connectivity index (χ4n) is 3.08. The largest absolute Gasteiger partial charge is 0.491 e. The van der Waals surface area contributed by atoms with Crippen molar-refractivity contribution in [3.05, 3.63) is 42.5 Å². The second kappa shape index (κ2) is 7.88. The molecule has 3 rings (SSSR count). The minimum Gasteiger partial charge on any atom is -0.491 e. The Morgan fingerprint density at radius 2 is 1.84 bits per heavy atom. The first-order chi connectivity index (χ1) is 12.1. The Morgan fingerprint density at radius 1 is 1.12 bits per heavy atom. The molecule has 0 saturated carbocycles. The molecule has 0 unspecified atom stereocenters. The van der Waals surface area contributed by atoms with Crippen LogP contribution in [0.1, 0.15) is 12.8 Å². The number of carbonyl (C=O) groups excluding carboxylic acids is 1. The Kier molecular flexibility index (Phi) is 5.38. The predicted octanol–water partition coefficient (Wildman–Crippen LogP) is 2.72. The van der Waals surface area contributed by atoms with Crippen LogP contribution in [0.25, 0.3) is 10.8 Å². The summed E-state index contributed by atoms with van der Waals surface area (Å²) in [5.41, 5.74) is 0. The van der Waals surface area contributed by atoms with Gasteiger partial charge in [0.05, 0.1) is 12.5 Å². The zero-order chi connectivity index (χ0) is 17.6. The number of urea groups is 1. The Labute approximate surface area is 146 Å². The number of hydrogen-bond donors (Lipinski definition) is 2. The Hall–Kier alpha value is -2.76. The highest BCUT2D eigenvalue weighted by atomic mass is 16.5. The number of likely N-dealkylation sites (tertiary alicyclic amines) is 1. The predicted molar refractivity (Wildman–Crippen MR) is 94.8 cm³/mol. The third-order valence-electron chi connectivity index (χ3n) is 4.52. The van der Waals surface area contributed by atoms with Crippen molar-refractivity contribution in [2.24, 2.45) is 5.92 Å². The first-order valence-corrected chi connectivity index (χ1v) is 8.51. The van der Waals surface area contributed by atoms with E-state index in [9.17, 15) is 9.59 Å². The second-order valence-corrected chi connectivity index (χ2v) is 6.16. The van der Waals surface area contributed by atoms with Crippen LogP contribution in [-0.4, -0.2) is 48.2 Å². The van der Waals surface area contributed by atoms with E-state index in [0.717, 1.165) is 16.5 Å². The van der Waals surface area contributed by atoms with Crippen LogP contribution in [0, 0.1) is 5.92 Å². The summed E-state index contributed by atoms with van der Waals surface area (Å²) in [6.45, 7) is 1.74. The maximum atomic E-state index is 12.1. The van der Waals surface area contributed by atoms with Crippen molar-refractivity contribution in [2.45, 2.75) is 12.8 Å². The van der Waals surface area contributed by atoms with Crippen LogP contribution in [0.15, 0.2) is 42.5 Å². The SMILES string of the molecule is O=C(O)C1CCN(C(=O)NCCOc2cccc3ccccc23)CC1. The molecule has 2 amide bonds. The fraction of sp³-hybridized carbons (Fsp3) is 0.368. The molecule has 1 aliphatic rings. The van der Waals surface area contributed by atoms with Gasteiger partial charge in [0.15, 0.2) is 0 Å². The maximum absolute atomic E-state index is 12.1. The van der Waals surface area contributed by atoms with Crippen LogP contribution in [-0.2, 0) is 4.79 Å². The molecule has 1 heterocycles. The molecule has 2 aromatic rings. The number of carbonyl (C=O) groups is 2. The number of amides is 2. The van der Waals surface area contributed by atoms with Crippen LogP contribution in [0.5, 0.6) is 5.75 Å². The van der Waals surface area contributed by atoms with Gasteiger partial charge in [-0.3, -0.25) is 4.79 Å². The van der Waals surface area contributed by atoms with Crippen molar-refractivity contribution in [1.82, 2.24) is 10.2 Å². The summed E-state index contributed by atoms with van der Waals surface area (Å²) in [5, 5.41) is 14.0. The Bertz CT molecular complexity index is 749. The zero-order valence-corrected chi connectivity index (χ0v) is 14.0. The highest BCUT2D eigenvalue weighted by molar-refractivity contribution is 5.88. The quantitative estimate of drug-likeness (QED) is 0.819. The van der Waals surface area contributed by atoms with Crippen molar-refractivity contribution in [2.75, 3.05) is 26.2 Å². The minimum atomic E-state index is -0.774. The number of ether oxygens (including phenoxy) is 1. The summed E-state index contributed by atoms with van der Waals surface area (Å²) in [6, 6.07) is 13.7. The third kappa shape index (κ3) is 4.21. The maximum Gasteiger partial charge on any atom is 0.317 e. The van der Waals surface area contributed by atoms with Crippen LogP contribution in [0.3, 0.4) is 0 Å². The standard InChI is InChI=1S/C19H22N2O4/c22-18(23)15-8-11-21(12-9-15)19(24)20-10-13-25-17-7-3-5-14-4-1-2-6-16(14)17/h1-7,15H,8-13H2,(H,20,24)(H,22,23). The van der Waals surface area contributed by atoms with E-state index in [0.29, 0.717) is 39.1 Å². The van der Waals surface area contributed by atoms with E-state index in [2.05, 4.69) is 5.32 Å². The first-order valence-electron chi connectivity index (χ1n) is 8.51. The summed E-state index contributed by atoms with van der Waals surface area (Å²) in [7, 11) is 0. The molecule has 6 heteroatoms. The van der Waals surface area contributed by atoms with E-state index in [4.69, 9.17) is 9.84 Å². The van der Waals surface area contributed by atoms with Crippen molar-refractivity contribution in [3.8, 4) is 5.75 Å². The molecule has 0 bridgehead atoms. The molecule has 25 heavy (non-hydrogen) atoms. The van der Waals surface area contributed by atoms with Gasteiger partial charge in [0.1, 0.15) is 12.4 Å². The Balaban J connectivity index is 1.44. The van der Waals surface area contributed by atoms with Gasteiger partial charge in [-0.2, -0.15) is 0 Å². The molecule has 1 saturated heterocycles. The molecule has 0 spiro atoms. The number of carboxylic acids is 1. The number of fused-ring (bicyclic) bond motifs is 1. The highest BCUT2D eigenvalue weighted by Gasteiger charge is 2.26. The lowest BCUT2D eigenvalue weighted by atomic mass is 9.97. The van der Waals surface area contributed by atoms with Gasteiger partial charge < -0.3 is 20.1 Å². The molecule has 1 fully saturated rings. The summed E-state index contributed by atoms with van der Waals surface area (Å²) in [6.07, 6.45) is 1.02. The summed E-state index contributed by atoms with van der Waals surface area (Å²) < 4.78 is 5.79. The summed E-state index contributed by atoms with van der Waals surface area (Å²) >= 11 is 0. The lowest BCUT2D eigenvalue weighted by Gasteiger charge is -2.30. The van der Waals surface area contributed by atoms with Crippen molar-refractivity contribution < 1.29 is 19.4 Å². The number of aliphatic carboxylic acids is 1. The van der Waals surface area contributed by atoms with Gasteiger partial charge in [0.2, 0.25) is 0 Å². The molecule has 0 aromatic heterocycles. The monoisotopic (exact) mass is 342 g/mol. The minimum absolute atomic E-state index is 0.162. The topological polar surface area (TPSA) is 78.9 Å². The lowest BCUT2D eigenvalue weighted by molar-refractivity contribution is -0.143. The summed E-state index contributed by atoms with van der Waals surface area (Å²) in [5.74, 6) is -0.308. The third-order valence-corrected chi connectivity index (χ3v) is 4.52. The van der Waals surface area contributed by atoms with Gasteiger partial charge in [-0.1, -0.05) is 36.4 Å². The molecule has 0 aliphatic carbocycles. The fourth-order valence-corrected chi connectivity index (χ4v) is 3.08. The van der Waals surface area contributed by atoms with Crippen LogP contribution < -0.4 is 10.1 Å². The number of nitrogens with zero attached hydrogens (tertiary/aromatic N) is 1. The number of rotatable bonds is 5. The average molecular weight is 342 g/mol. The molecule has 0 atom stereocenters. The van der Waals surface area contributed by atoms with Gasteiger partial charge in [-0.25, -0.2) is 4.79 Å². The average Bonchev–Trinajstić information content (AvgIpc) is 2.65.